The first-order chi connectivity index (χ1) is 7.61. The maximum atomic E-state index is 13.1. The van der Waals surface area contributed by atoms with Crippen molar-refractivity contribution in [1.29, 1.82) is 0 Å². The van der Waals surface area contributed by atoms with Crippen LogP contribution in [0.5, 0.6) is 5.75 Å². The van der Waals surface area contributed by atoms with Crippen LogP contribution in [0.15, 0.2) is 30.5 Å². The Labute approximate surface area is 101 Å². The second-order valence-electron chi connectivity index (χ2n) is 3.09. The number of aromatic nitrogens is 1. The van der Waals surface area contributed by atoms with Gasteiger partial charge in [-0.1, -0.05) is 29.3 Å². The fourth-order valence-corrected chi connectivity index (χ4v) is 1.99. The first-order valence-corrected chi connectivity index (χ1v) is 5.14. The number of hydrogen-bond donors (Lipinski definition) is 1. The Bertz CT molecular complexity index is 525. The van der Waals surface area contributed by atoms with Crippen LogP contribution in [0, 0.1) is 5.95 Å². The normalized spacial score (nSPS) is 10.4. The number of halogens is 3. The highest BCUT2D eigenvalue weighted by Gasteiger charge is 2.15. The summed E-state index contributed by atoms with van der Waals surface area (Å²) in [4.78, 5) is 3.32. The smallest absolute Gasteiger partial charge is 0.255 e. The molecule has 0 spiro atoms. The number of nitrogens with zero attached hydrogens (tertiary/aromatic N) is 1. The van der Waals surface area contributed by atoms with Crippen molar-refractivity contribution in [3.8, 4) is 16.9 Å². The minimum atomic E-state index is -0.950. The van der Waals surface area contributed by atoms with Crippen LogP contribution >= 0.6 is 23.2 Å². The Balaban J connectivity index is 2.73. The number of rotatable bonds is 1. The van der Waals surface area contributed by atoms with E-state index in [1.165, 1.54) is 12.3 Å². The van der Waals surface area contributed by atoms with Crippen molar-refractivity contribution in [3.05, 3.63) is 46.5 Å². The Morgan fingerprint density at radius 3 is 2.38 bits per heavy atom. The molecule has 1 aromatic heterocycles. The number of aromatic hydroxyl groups is 1. The summed E-state index contributed by atoms with van der Waals surface area (Å²) in [5.74, 6) is -1.51. The lowest BCUT2D eigenvalue weighted by Gasteiger charge is -2.08. The summed E-state index contributed by atoms with van der Waals surface area (Å²) >= 11 is 11.9. The van der Waals surface area contributed by atoms with Gasteiger partial charge in [-0.25, -0.2) is 4.98 Å². The summed E-state index contributed by atoms with van der Waals surface area (Å²) in [6.07, 6.45) is 1.24. The molecule has 0 bridgehead atoms. The van der Waals surface area contributed by atoms with Gasteiger partial charge < -0.3 is 5.11 Å². The fourth-order valence-electron chi connectivity index (χ4n) is 1.39. The number of pyridine rings is 1. The minimum Gasteiger partial charge on any atom is -0.503 e. The van der Waals surface area contributed by atoms with E-state index in [-0.39, 0.29) is 5.56 Å². The molecule has 1 heterocycles. The molecule has 2 rings (SSSR count). The average molecular weight is 258 g/mol. The lowest BCUT2D eigenvalue weighted by Crippen LogP contribution is -1.88. The molecule has 0 radical (unpaired) electrons. The van der Waals surface area contributed by atoms with Crippen molar-refractivity contribution in [2.75, 3.05) is 0 Å². The summed E-state index contributed by atoms with van der Waals surface area (Å²) in [7, 11) is 0. The molecule has 5 heteroatoms. The van der Waals surface area contributed by atoms with Crippen LogP contribution < -0.4 is 0 Å². The monoisotopic (exact) mass is 257 g/mol. The molecular formula is C11H6Cl2FNO. The van der Waals surface area contributed by atoms with E-state index in [1.807, 2.05) is 0 Å². The van der Waals surface area contributed by atoms with Crippen LogP contribution in [0.3, 0.4) is 0 Å². The van der Waals surface area contributed by atoms with E-state index in [1.54, 1.807) is 18.2 Å². The summed E-state index contributed by atoms with van der Waals surface area (Å²) in [5, 5.41) is 10.2. The molecule has 1 N–H and O–H groups in total. The van der Waals surface area contributed by atoms with E-state index in [0.29, 0.717) is 15.6 Å². The third-order valence-electron chi connectivity index (χ3n) is 2.11. The Kier molecular flexibility index (Phi) is 2.99. The molecule has 16 heavy (non-hydrogen) atoms. The molecule has 0 amide bonds. The predicted octanol–water partition coefficient (Wildman–Crippen LogP) is 3.90. The summed E-state index contributed by atoms with van der Waals surface area (Å²) in [6.45, 7) is 0. The number of benzene rings is 1. The van der Waals surface area contributed by atoms with Crippen molar-refractivity contribution < 1.29 is 9.50 Å². The summed E-state index contributed by atoms with van der Waals surface area (Å²) in [6, 6.07) is 6.34. The molecular weight excluding hydrogens is 252 g/mol. The third kappa shape index (κ3) is 1.84. The maximum Gasteiger partial charge on any atom is 0.255 e. The van der Waals surface area contributed by atoms with Gasteiger partial charge >= 0.3 is 0 Å². The van der Waals surface area contributed by atoms with Crippen molar-refractivity contribution in [3.63, 3.8) is 0 Å². The van der Waals surface area contributed by atoms with Gasteiger partial charge in [0.05, 0.1) is 10.0 Å². The van der Waals surface area contributed by atoms with E-state index < -0.39 is 11.7 Å². The largest absolute Gasteiger partial charge is 0.503 e. The van der Waals surface area contributed by atoms with Gasteiger partial charge in [0.25, 0.3) is 5.95 Å². The molecule has 0 unspecified atom stereocenters. The zero-order chi connectivity index (χ0) is 11.7. The highest BCUT2D eigenvalue weighted by Crippen LogP contribution is 2.39. The third-order valence-corrected chi connectivity index (χ3v) is 2.74. The zero-order valence-corrected chi connectivity index (χ0v) is 9.43. The van der Waals surface area contributed by atoms with Crippen LogP contribution in [0.2, 0.25) is 10.0 Å². The Morgan fingerprint density at radius 2 is 1.75 bits per heavy atom. The topological polar surface area (TPSA) is 33.1 Å². The van der Waals surface area contributed by atoms with Gasteiger partial charge in [0.2, 0.25) is 0 Å². The van der Waals surface area contributed by atoms with E-state index in [2.05, 4.69) is 4.98 Å². The molecule has 0 aliphatic rings. The van der Waals surface area contributed by atoms with Gasteiger partial charge in [-0.15, -0.1) is 0 Å². The van der Waals surface area contributed by atoms with E-state index in [0.717, 1.165) is 0 Å². The second-order valence-corrected chi connectivity index (χ2v) is 3.91. The molecule has 1 aromatic carbocycles. The lowest BCUT2D eigenvalue weighted by atomic mass is 10.1. The van der Waals surface area contributed by atoms with Crippen LogP contribution in [0.25, 0.3) is 11.1 Å². The molecule has 0 saturated heterocycles. The molecule has 0 saturated carbocycles. The molecule has 2 nitrogen and oxygen atoms in total. The standard InChI is InChI=1S/C11H6Cl2FNO/c12-7-2-1-3-8(13)9(7)6-4-5-15-11(14)10(6)16/h1-5,16H. The maximum absolute atomic E-state index is 13.1. The second kappa shape index (κ2) is 4.28. The van der Waals surface area contributed by atoms with E-state index >= 15 is 0 Å². The van der Waals surface area contributed by atoms with Gasteiger partial charge in [0.1, 0.15) is 0 Å². The molecule has 0 fully saturated rings. The Morgan fingerprint density at radius 1 is 1.12 bits per heavy atom. The van der Waals surface area contributed by atoms with Gasteiger partial charge in [0.15, 0.2) is 5.75 Å². The lowest BCUT2D eigenvalue weighted by molar-refractivity contribution is 0.421. The summed E-state index contributed by atoms with van der Waals surface area (Å²) < 4.78 is 13.1. The minimum absolute atomic E-state index is 0.225. The van der Waals surface area contributed by atoms with Crippen molar-refractivity contribution in [2.24, 2.45) is 0 Å². The van der Waals surface area contributed by atoms with Gasteiger partial charge in [-0.2, -0.15) is 4.39 Å². The predicted molar refractivity (Wildman–Crippen MR) is 61.3 cm³/mol. The molecule has 0 aliphatic carbocycles. The first-order valence-electron chi connectivity index (χ1n) is 4.39. The van der Waals surface area contributed by atoms with Crippen molar-refractivity contribution in [2.45, 2.75) is 0 Å². The van der Waals surface area contributed by atoms with Crippen LogP contribution in [0.4, 0.5) is 4.39 Å². The molecule has 82 valence electrons. The molecule has 2 aromatic rings. The average Bonchev–Trinajstić information content (AvgIpc) is 2.24. The van der Waals surface area contributed by atoms with E-state index in [4.69, 9.17) is 23.2 Å². The van der Waals surface area contributed by atoms with Crippen LogP contribution in [0.1, 0.15) is 0 Å². The van der Waals surface area contributed by atoms with Gasteiger partial charge in [0, 0.05) is 17.3 Å². The fraction of sp³-hybridized carbons (Fsp3) is 0. The molecule has 0 atom stereocenters. The summed E-state index contributed by atoms with van der Waals surface area (Å²) in [5.41, 5.74) is 0.618. The van der Waals surface area contributed by atoms with Gasteiger partial charge in [-0.05, 0) is 18.2 Å². The zero-order valence-electron chi connectivity index (χ0n) is 7.92. The number of hydrogen-bond acceptors (Lipinski definition) is 2. The van der Waals surface area contributed by atoms with Gasteiger partial charge in [-0.3, -0.25) is 0 Å². The van der Waals surface area contributed by atoms with Crippen LogP contribution in [-0.4, -0.2) is 10.1 Å². The molecule has 0 aliphatic heterocycles. The van der Waals surface area contributed by atoms with Crippen molar-refractivity contribution >= 4 is 23.2 Å². The van der Waals surface area contributed by atoms with Crippen LogP contribution in [-0.2, 0) is 0 Å². The Hall–Kier alpha value is -1.32. The SMILES string of the molecule is Oc1c(-c2c(Cl)cccc2Cl)ccnc1F. The first kappa shape index (κ1) is 11.2. The quantitative estimate of drug-likeness (QED) is 0.787. The highest BCUT2D eigenvalue weighted by molar-refractivity contribution is 6.39. The van der Waals surface area contributed by atoms with E-state index in [9.17, 15) is 9.50 Å². The highest BCUT2D eigenvalue weighted by atomic mass is 35.5. The van der Waals surface area contributed by atoms with Crippen molar-refractivity contribution in [1.82, 2.24) is 4.98 Å².